The molecular weight excluding hydrogens is 413 g/mol. The summed E-state index contributed by atoms with van der Waals surface area (Å²) in [7, 11) is 1.56. The summed E-state index contributed by atoms with van der Waals surface area (Å²) in [5, 5.41) is 13.4. The zero-order valence-electron chi connectivity index (χ0n) is 18.1. The van der Waals surface area contributed by atoms with Gasteiger partial charge < -0.3 is 25.0 Å². The summed E-state index contributed by atoms with van der Waals surface area (Å²) in [6.07, 6.45) is 0.925. The lowest BCUT2D eigenvalue weighted by atomic mass is 10.2. The molecule has 0 bridgehead atoms. The summed E-state index contributed by atoms with van der Waals surface area (Å²) in [5.41, 5.74) is 3.39. The van der Waals surface area contributed by atoms with Crippen molar-refractivity contribution in [2.75, 3.05) is 50.1 Å². The van der Waals surface area contributed by atoms with E-state index in [9.17, 15) is 14.3 Å². The van der Waals surface area contributed by atoms with Crippen molar-refractivity contribution in [2.45, 2.75) is 13.0 Å². The normalized spacial score (nSPS) is 15.2. The number of hydrogen-bond acceptors (Lipinski definition) is 7. The van der Waals surface area contributed by atoms with Crippen LogP contribution in [-0.4, -0.2) is 71.8 Å². The van der Waals surface area contributed by atoms with Crippen LogP contribution in [0.25, 0.3) is 11.0 Å². The first-order valence-corrected chi connectivity index (χ1v) is 10.4. The van der Waals surface area contributed by atoms with E-state index in [4.69, 9.17) is 4.74 Å². The number of nitrogens with zero attached hydrogens (tertiary/aromatic N) is 4. The number of halogens is 1. The van der Waals surface area contributed by atoms with Gasteiger partial charge in [0.05, 0.1) is 31.0 Å². The molecule has 3 aromatic rings. The van der Waals surface area contributed by atoms with Crippen molar-refractivity contribution < 1.29 is 19.0 Å². The SMILES string of the molecule is COc1ccc2nccc(N3CCN(C[C@@H](O)CNc4ccc(C)c(F)c4)C(=O)C3)c2n1. The number of aryl methyl sites for hydroxylation is 1. The smallest absolute Gasteiger partial charge is 0.242 e. The molecule has 0 aliphatic carbocycles. The number of amides is 1. The molecule has 8 nitrogen and oxygen atoms in total. The van der Waals surface area contributed by atoms with E-state index in [-0.39, 0.29) is 31.4 Å². The third-order valence-electron chi connectivity index (χ3n) is 5.55. The predicted molar refractivity (Wildman–Crippen MR) is 121 cm³/mol. The lowest BCUT2D eigenvalue weighted by Crippen LogP contribution is -2.53. The Morgan fingerprint density at radius 2 is 2.09 bits per heavy atom. The number of aliphatic hydroxyl groups excluding tert-OH is 1. The van der Waals surface area contributed by atoms with Crippen LogP contribution in [0.1, 0.15) is 5.56 Å². The van der Waals surface area contributed by atoms with Crippen LogP contribution in [0.3, 0.4) is 0 Å². The largest absolute Gasteiger partial charge is 0.481 e. The van der Waals surface area contributed by atoms with E-state index >= 15 is 0 Å². The number of aromatic nitrogens is 2. The van der Waals surface area contributed by atoms with Crippen LogP contribution in [0.4, 0.5) is 15.8 Å². The number of benzene rings is 1. The molecular formula is C23H26FN5O3. The Labute approximate surface area is 185 Å². The zero-order chi connectivity index (χ0) is 22.7. The minimum Gasteiger partial charge on any atom is -0.481 e. The van der Waals surface area contributed by atoms with Gasteiger partial charge in [-0.15, -0.1) is 0 Å². The van der Waals surface area contributed by atoms with Gasteiger partial charge in [0, 0.05) is 44.1 Å². The number of carbonyl (C=O) groups is 1. The number of methoxy groups -OCH3 is 1. The standard InChI is InChI=1S/C23H26FN5O3/c1-15-3-4-16(11-18(15)24)26-12-17(30)13-29-10-9-28(14-22(29)31)20-7-8-25-19-5-6-21(32-2)27-23(19)20/h3-8,11,17,26,30H,9-10,12-14H2,1-2H3/t17-/m0/s1. The van der Waals surface area contributed by atoms with E-state index in [1.54, 1.807) is 43.3 Å². The Morgan fingerprint density at radius 1 is 1.25 bits per heavy atom. The lowest BCUT2D eigenvalue weighted by Gasteiger charge is -2.36. The van der Waals surface area contributed by atoms with Crippen LogP contribution in [0.15, 0.2) is 42.6 Å². The Hall–Kier alpha value is -3.46. The molecule has 32 heavy (non-hydrogen) atoms. The first-order valence-electron chi connectivity index (χ1n) is 10.4. The van der Waals surface area contributed by atoms with Crippen LogP contribution in [0, 0.1) is 12.7 Å². The number of ether oxygens (including phenoxy) is 1. The van der Waals surface area contributed by atoms with Crippen LogP contribution in [-0.2, 0) is 4.79 Å². The molecule has 1 atom stereocenters. The molecule has 9 heteroatoms. The average molecular weight is 439 g/mol. The minimum absolute atomic E-state index is 0.0791. The molecule has 1 aliphatic rings. The highest BCUT2D eigenvalue weighted by Gasteiger charge is 2.27. The number of β-amino-alcohol motifs (C(OH)–C–C–N with tert-alkyl or cyclic N) is 1. The van der Waals surface area contributed by atoms with Crippen LogP contribution in [0.5, 0.6) is 5.88 Å². The molecule has 4 rings (SSSR count). The third-order valence-corrected chi connectivity index (χ3v) is 5.55. The molecule has 1 aliphatic heterocycles. The number of nitrogens with one attached hydrogen (secondary N) is 1. The first-order chi connectivity index (χ1) is 15.4. The summed E-state index contributed by atoms with van der Waals surface area (Å²) >= 11 is 0. The Balaban J connectivity index is 1.37. The van der Waals surface area contributed by atoms with Crippen molar-refractivity contribution in [1.29, 1.82) is 0 Å². The highest BCUT2D eigenvalue weighted by Crippen LogP contribution is 2.26. The van der Waals surface area contributed by atoms with Gasteiger partial charge in [0.25, 0.3) is 0 Å². The molecule has 3 heterocycles. The Morgan fingerprint density at radius 3 is 2.84 bits per heavy atom. The van der Waals surface area contributed by atoms with E-state index in [0.29, 0.717) is 35.7 Å². The first kappa shape index (κ1) is 21.8. The van der Waals surface area contributed by atoms with E-state index in [0.717, 1.165) is 11.2 Å². The van der Waals surface area contributed by atoms with Crippen LogP contribution >= 0.6 is 0 Å². The second-order valence-electron chi connectivity index (χ2n) is 7.81. The quantitative estimate of drug-likeness (QED) is 0.583. The Kier molecular flexibility index (Phi) is 6.36. The zero-order valence-corrected chi connectivity index (χ0v) is 18.1. The third kappa shape index (κ3) is 4.72. The maximum Gasteiger partial charge on any atom is 0.242 e. The second kappa shape index (κ2) is 9.35. The van der Waals surface area contributed by atoms with Crippen LogP contribution in [0.2, 0.25) is 0 Å². The molecule has 1 aromatic carbocycles. The summed E-state index contributed by atoms with van der Waals surface area (Å²) in [5.74, 6) is 0.108. The van der Waals surface area contributed by atoms with E-state index in [1.807, 2.05) is 17.0 Å². The molecule has 2 aromatic heterocycles. The highest BCUT2D eigenvalue weighted by atomic mass is 19.1. The monoisotopic (exact) mass is 439 g/mol. The molecule has 168 valence electrons. The maximum absolute atomic E-state index is 13.7. The highest BCUT2D eigenvalue weighted by molar-refractivity contribution is 5.91. The molecule has 1 amide bonds. The molecule has 0 spiro atoms. The van der Waals surface area contributed by atoms with Gasteiger partial charge in [0.2, 0.25) is 11.8 Å². The number of hydrogen-bond donors (Lipinski definition) is 2. The molecule has 0 radical (unpaired) electrons. The topological polar surface area (TPSA) is 90.8 Å². The van der Waals surface area contributed by atoms with Gasteiger partial charge >= 0.3 is 0 Å². The number of piperazine rings is 1. The second-order valence-corrected chi connectivity index (χ2v) is 7.81. The van der Waals surface area contributed by atoms with Gasteiger partial charge in [-0.25, -0.2) is 9.37 Å². The number of fused-ring (bicyclic) bond motifs is 1. The van der Waals surface area contributed by atoms with Gasteiger partial charge in [-0.2, -0.15) is 0 Å². The molecule has 1 fully saturated rings. The van der Waals surface area contributed by atoms with Crippen molar-refractivity contribution in [3.8, 4) is 5.88 Å². The average Bonchev–Trinajstić information content (AvgIpc) is 2.80. The molecule has 0 unspecified atom stereocenters. The van der Waals surface area contributed by atoms with Gasteiger partial charge in [-0.05, 0) is 36.8 Å². The van der Waals surface area contributed by atoms with Crippen molar-refractivity contribution in [1.82, 2.24) is 14.9 Å². The summed E-state index contributed by atoms with van der Waals surface area (Å²) in [6, 6.07) is 10.3. The van der Waals surface area contributed by atoms with E-state index in [2.05, 4.69) is 15.3 Å². The number of aliphatic hydroxyl groups is 1. The van der Waals surface area contributed by atoms with Gasteiger partial charge in [-0.3, -0.25) is 9.78 Å². The van der Waals surface area contributed by atoms with Gasteiger partial charge in [-0.1, -0.05) is 6.07 Å². The fourth-order valence-corrected chi connectivity index (χ4v) is 3.73. The number of anilines is 2. The molecule has 2 N–H and O–H groups in total. The number of carbonyl (C=O) groups excluding carboxylic acids is 1. The molecule has 1 saturated heterocycles. The van der Waals surface area contributed by atoms with Crippen LogP contribution < -0.4 is 15.0 Å². The molecule has 0 saturated carbocycles. The summed E-state index contributed by atoms with van der Waals surface area (Å²) in [4.78, 5) is 25.2. The van der Waals surface area contributed by atoms with Gasteiger partial charge in [0.1, 0.15) is 11.3 Å². The Bertz CT molecular complexity index is 1130. The number of pyridine rings is 2. The van der Waals surface area contributed by atoms with Gasteiger partial charge in [0.15, 0.2) is 0 Å². The van der Waals surface area contributed by atoms with E-state index < -0.39 is 6.10 Å². The number of rotatable bonds is 7. The lowest BCUT2D eigenvalue weighted by molar-refractivity contribution is -0.132. The summed E-state index contributed by atoms with van der Waals surface area (Å²) < 4.78 is 18.9. The van der Waals surface area contributed by atoms with E-state index in [1.165, 1.54) is 6.07 Å². The summed E-state index contributed by atoms with van der Waals surface area (Å²) in [6.45, 7) is 3.38. The predicted octanol–water partition coefficient (Wildman–Crippen LogP) is 2.21. The fraction of sp³-hybridized carbons (Fsp3) is 0.348. The minimum atomic E-state index is -0.775. The van der Waals surface area contributed by atoms with Crippen molar-refractivity contribution in [3.05, 3.63) is 54.0 Å². The maximum atomic E-state index is 13.7. The van der Waals surface area contributed by atoms with Crippen molar-refractivity contribution >= 4 is 28.3 Å². The van der Waals surface area contributed by atoms with Crippen molar-refractivity contribution in [2.24, 2.45) is 0 Å². The fourth-order valence-electron chi connectivity index (χ4n) is 3.73. The van der Waals surface area contributed by atoms with Crippen molar-refractivity contribution in [3.63, 3.8) is 0 Å².